The Morgan fingerprint density at radius 1 is 1.13 bits per heavy atom. The largest absolute Gasteiger partial charge is 0.331 e. The summed E-state index contributed by atoms with van der Waals surface area (Å²) in [6.45, 7) is 3.15. The number of nitrogens with zero attached hydrogens (tertiary/aromatic N) is 4. The van der Waals surface area contributed by atoms with Gasteiger partial charge in [-0.15, -0.1) is 0 Å². The van der Waals surface area contributed by atoms with Crippen LogP contribution >= 0.6 is 0 Å². The van der Waals surface area contributed by atoms with E-state index in [2.05, 4.69) is 19.0 Å². The van der Waals surface area contributed by atoms with Crippen molar-refractivity contribution >= 4 is 16.1 Å². The fourth-order valence-corrected chi connectivity index (χ4v) is 7.18. The van der Waals surface area contributed by atoms with E-state index in [-0.39, 0.29) is 17.4 Å². The quantitative estimate of drug-likeness (QED) is 0.724. The number of carbonyl (C=O) groups is 1. The molecule has 2 fully saturated rings. The lowest BCUT2D eigenvalue weighted by Crippen LogP contribution is -2.52. The van der Waals surface area contributed by atoms with Crippen LogP contribution in [0.1, 0.15) is 24.0 Å². The molecule has 7 nitrogen and oxygen atoms in total. The second kappa shape index (κ2) is 7.80. The van der Waals surface area contributed by atoms with Crippen molar-refractivity contribution in [2.24, 2.45) is 11.3 Å². The Balaban J connectivity index is 1.58. The van der Waals surface area contributed by atoms with Crippen molar-refractivity contribution in [3.8, 4) is 0 Å². The van der Waals surface area contributed by atoms with E-state index in [0.717, 1.165) is 32.2 Å². The van der Waals surface area contributed by atoms with Gasteiger partial charge >= 0.3 is 6.03 Å². The van der Waals surface area contributed by atoms with Crippen molar-refractivity contribution in [2.75, 3.05) is 60.9 Å². The predicted molar refractivity (Wildman–Crippen MR) is 117 cm³/mol. The zero-order valence-corrected chi connectivity index (χ0v) is 19.4. The molecule has 166 valence electrons. The Kier molecular flexibility index (Phi) is 5.61. The van der Waals surface area contributed by atoms with Gasteiger partial charge in [-0.3, -0.25) is 0 Å². The Morgan fingerprint density at radius 2 is 1.87 bits per heavy atom. The van der Waals surface area contributed by atoms with Crippen molar-refractivity contribution in [1.29, 1.82) is 0 Å². The molecule has 0 N–H and O–H groups in total. The average Bonchev–Trinajstić information content (AvgIpc) is 3.29. The van der Waals surface area contributed by atoms with Crippen LogP contribution in [0.2, 0.25) is 0 Å². The lowest BCUT2D eigenvalue weighted by Gasteiger charge is -2.44. The Morgan fingerprint density at radius 3 is 2.57 bits per heavy atom. The van der Waals surface area contributed by atoms with Crippen molar-refractivity contribution in [2.45, 2.75) is 30.6 Å². The summed E-state index contributed by atoms with van der Waals surface area (Å²) in [5.74, 6) is 0.141. The van der Waals surface area contributed by atoms with Crippen LogP contribution in [0.25, 0.3) is 0 Å². The van der Waals surface area contributed by atoms with Gasteiger partial charge in [-0.1, -0.05) is 6.07 Å². The highest BCUT2D eigenvalue weighted by Crippen LogP contribution is 2.44. The van der Waals surface area contributed by atoms with E-state index in [0.29, 0.717) is 31.1 Å². The van der Waals surface area contributed by atoms with Gasteiger partial charge in [0.15, 0.2) is 0 Å². The van der Waals surface area contributed by atoms with Crippen LogP contribution in [0.15, 0.2) is 23.1 Å². The highest BCUT2D eigenvalue weighted by molar-refractivity contribution is 7.89. The number of fused-ring (bicyclic) bond motifs is 2. The molecule has 0 unspecified atom stereocenters. The van der Waals surface area contributed by atoms with Gasteiger partial charge in [-0.2, -0.15) is 4.31 Å². The maximum Gasteiger partial charge on any atom is 0.319 e. The van der Waals surface area contributed by atoms with Crippen LogP contribution < -0.4 is 0 Å². The first-order valence-corrected chi connectivity index (χ1v) is 12.3. The van der Waals surface area contributed by atoms with Crippen molar-refractivity contribution in [3.05, 3.63) is 29.3 Å². The van der Waals surface area contributed by atoms with Gasteiger partial charge in [-0.25, -0.2) is 13.2 Å². The van der Waals surface area contributed by atoms with E-state index in [1.54, 1.807) is 29.4 Å². The van der Waals surface area contributed by atoms with Crippen LogP contribution in [0.3, 0.4) is 0 Å². The molecule has 1 aromatic carbocycles. The summed E-state index contributed by atoms with van der Waals surface area (Å²) in [7, 11) is 4.12. The molecule has 30 heavy (non-hydrogen) atoms. The Bertz CT molecular complexity index is 930. The maximum atomic E-state index is 13.5. The normalized spacial score (nSPS) is 26.7. The molecule has 0 radical (unpaired) electrons. The van der Waals surface area contributed by atoms with E-state index >= 15 is 0 Å². The molecule has 1 aliphatic carbocycles. The minimum atomic E-state index is -3.53. The number of hydrogen-bond acceptors (Lipinski definition) is 4. The molecule has 3 aliphatic rings. The van der Waals surface area contributed by atoms with Crippen LogP contribution in [-0.4, -0.2) is 94.4 Å². The van der Waals surface area contributed by atoms with E-state index in [9.17, 15) is 13.2 Å². The molecule has 2 aliphatic heterocycles. The molecule has 0 aromatic heterocycles. The van der Waals surface area contributed by atoms with Crippen molar-refractivity contribution in [3.63, 3.8) is 0 Å². The van der Waals surface area contributed by atoms with Gasteiger partial charge in [0.05, 0.1) is 4.90 Å². The fourth-order valence-electron chi connectivity index (χ4n) is 5.65. The van der Waals surface area contributed by atoms with Gasteiger partial charge in [0, 0.05) is 52.2 Å². The molecule has 2 heterocycles. The average molecular weight is 435 g/mol. The number of aryl methyl sites for hydroxylation is 2. The van der Waals surface area contributed by atoms with Gasteiger partial charge in [0.2, 0.25) is 10.0 Å². The summed E-state index contributed by atoms with van der Waals surface area (Å²) in [5.41, 5.74) is 2.41. The van der Waals surface area contributed by atoms with Crippen LogP contribution in [0.5, 0.6) is 0 Å². The topological polar surface area (TPSA) is 64.2 Å². The monoisotopic (exact) mass is 434 g/mol. The molecule has 8 heteroatoms. The highest BCUT2D eigenvalue weighted by atomic mass is 32.2. The molecule has 0 spiro atoms. The summed E-state index contributed by atoms with van der Waals surface area (Å²) < 4.78 is 28.6. The number of likely N-dealkylation sites (tertiary alicyclic amines) is 1. The molecule has 2 saturated heterocycles. The fraction of sp³-hybridized carbons (Fsp3) is 0.682. The van der Waals surface area contributed by atoms with Crippen molar-refractivity contribution in [1.82, 2.24) is 19.0 Å². The molecule has 0 saturated carbocycles. The molecular formula is C22H34N4O3S. The summed E-state index contributed by atoms with van der Waals surface area (Å²) in [4.78, 5) is 18.7. The number of carbonyl (C=O) groups excluding carboxylic acids is 1. The van der Waals surface area contributed by atoms with Gasteiger partial charge in [-0.05, 0) is 69.0 Å². The SMILES string of the molecule is CN(C)C[C@]12CCN(S(=O)(=O)c3ccc4c(c3)CCC4)C[C@H]1CN(C(=O)N(C)C)C2. The molecule has 2 amide bonds. The third kappa shape index (κ3) is 3.74. The molecule has 1 aromatic rings. The number of hydrogen-bond donors (Lipinski definition) is 0. The number of benzene rings is 1. The minimum Gasteiger partial charge on any atom is -0.331 e. The first kappa shape index (κ1) is 21.6. The first-order valence-electron chi connectivity index (χ1n) is 10.9. The zero-order valence-electron chi connectivity index (χ0n) is 18.6. The second-order valence-electron chi connectivity index (χ2n) is 9.75. The number of amides is 2. The Labute approximate surface area is 180 Å². The lowest BCUT2D eigenvalue weighted by atomic mass is 9.73. The van der Waals surface area contributed by atoms with Gasteiger partial charge in [0.25, 0.3) is 0 Å². The van der Waals surface area contributed by atoms with Crippen LogP contribution in [-0.2, 0) is 22.9 Å². The van der Waals surface area contributed by atoms with Crippen molar-refractivity contribution < 1.29 is 13.2 Å². The van der Waals surface area contributed by atoms with E-state index < -0.39 is 10.0 Å². The predicted octanol–water partition coefficient (Wildman–Crippen LogP) is 1.73. The third-order valence-corrected chi connectivity index (χ3v) is 8.95. The van der Waals surface area contributed by atoms with E-state index in [1.165, 1.54) is 11.1 Å². The summed E-state index contributed by atoms with van der Waals surface area (Å²) >= 11 is 0. The number of sulfonamides is 1. The Hall–Kier alpha value is -1.64. The molecule has 0 bridgehead atoms. The summed E-state index contributed by atoms with van der Waals surface area (Å²) in [6.07, 6.45) is 3.89. The third-order valence-electron chi connectivity index (χ3n) is 7.09. The lowest BCUT2D eigenvalue weighted by molar-refractivity contribution is 0.0814. The highest BCUT2D eigenvalue weighted by Gasteiger charge is 2.52. The second-order valence-corrected chi connectivity index (χ2v) is 11.7. The molecule has 2 atom stereocenters. The summed E-state index contributed by atoms with van der Waals surface area (Å²) in [6, 6.07) is 5.66. The molecule has 4 rings (SSSR count). The smallest absolute Gasteiger partial charge is 0.319 e. The summed E-state index contributed by atoms with van der Waals surface area (Å²) in [5, 5.41) is 0. The zero-order chi connectivity index (χ0) is 21.7. The minimum absolute atomic E-state index is 0.00978. The number of piperidine rings is 1. The number of rotatable bonds is 4. The van der Waals surface area contributed by atoms with E-state index in [4.69, 9.17) is 0 Å². The first-order chi connectivity index (χ1) is 14.1. The van der Waals surface area contributed by atoms with Crippen LogP contribution in [0.4, 0.5) is 4.79 Å². The van der Waals surface area contributed by atoms with Gasteiger partial charge in [0.1, 0.15) is 0 Å². The molecular weight excluding hydrogens is 400 g/mol. The standard InChI is InChI=1S/C22H34N4O3S/c1-23(2)15-22-10-11-26(14-19(22)13-25(16-22)21(27)24(3)4)30(28,29)20-9-8-17-6-5-7-18(17)12-20/h8-9,12,19H,5-7,10-11,13-16H2,1-4H3/t19-,22+/m1/s1. The number of urea groups is 1. The maximum absolute atomic E-state index is 13.5. The van der Waals surface area contributed by atoms with Gasteiger partial charge < -0.3 is 14.7 Å². The van der Waals surface area contributed by atoms with E-state index in [1.807, 2.05) is 17.0 Å². The van der Waals surface area contributed by atoms with Crippen LogP contribution in [0, 0.1) is 11.3 Å².